The fourth-order valence-electron chi connectivity index (χ4n) is 2.07. The van der Waals surface area contributed by atoms with E-state index >= 15 is 0 Å². The van der Waals surface area contributed by atoms with Crippen LogP contribution in [-0.2, 0) is 20.7 Å². The monoisotopic (exact) mass is 406 g/mol. The summed E-state index contributed by atoms with van der Waals surface area (Å²) in [7, 11) is 0. The number of nitro groups is 1. The van der Waals surface area contributed by atoms with Gasteiger partial charge < -0.3 is 10.1 Å². The van der Waals surface area contributed by atoms with Crippen LogP contribution in [0.2, 0.25) is 0 Å². The van der Waals surface area contributed by atoms with Gasteiger partial charge in [0.15, 0.2) is 6.61 Å². The zero-order valence-corrected chi connectivity index (χ0v) is 14.9. The molecule has 0 spiro atoms. The average molecular weight is 407 g/mol. The second-order valence-corrected chi connectivity index (χ2v) is 6.09. The number of rotatable bonds is 6. The van der Waals surface area contributed by atoms with E-state index in [1.54, 1.807) is 0 Å². The summed E-state index contributed by atoms with van der Waals surface area (Å²) < 4.78 is 5.32. The molecule has 0 saturated heterocycles. The van der Waals surface area contributed by atoms with Gasteiger partial charge in [-0.1, -0.05) is 24.3 Å². The molecular weight excluding hydrogens is 392 g/mol. The van der Waals surface area contributed by atoms with Crippen LogP contribution >= 0.6 is 15.9 Å². The number of nitrogens with zero attached hydrogens (tertiary/aromatic N) is 1. The van der Waals surface area contributed by atoms with Crippen LogP contribution in [0.4, 0.5) is 11.4 Å². The summed E-state index contributed by atoms with van der Waals surface area (Å²) in [5.74, 6) is -1.04. The summed E-state index contributed by atoms with van der Waals surface area (Å²) in [5.41, 5.74) is 2.06. The fraction of sp³-hybridized carbons (Fsp3) is 0.176. The lowest BCUT2D eigenvalue weighted by Gasteiger charge is -2.09. The normalized spacial score (nSPS) is 10.2. The minimum Gasteiger partial charge on any atom is -0.455 e. The number of halogens is 1. The van der Waals surface area contributed by atoms with Gasteiger partial charge in [0.05, 0.1) is 17.0 Å². The van der Waals surface area contributed by atoms with E-state index in [4.69, 9.17) is 4.74 Å². The average Bonchev–Trinajstić information content (AvgIpc) is 2.57. The van der Waals surface area contributed by atoms with Crippen LogP contribution in [0.15, 0.2) is 46.9 Å². The van der Waals surface area contributed by atoms with E-state index in [2.05, 4.69) is 21.2 Å². The predicted molar refractivity (Wildman–Crippen MR) is 95.3 cm³/mol. The first kappa shape index (κ1) is 18.6. The lowest BCUT2D eigenvalue weighted by Crippen LogP contribution is -2.22. The number of esters is 1. The Kier molecular flexibility index (Phi) is 6.24. The molecule has 8 heteroatoms. The van der Waals surface area contributed by atoms with Crippen molar-refractivity contribution in [1.29, 1.82) is 0 Å². The highest BCUT2D eigenvalue weighted by Crippen LogP contribution is 2.27. The third-order valence-corrected chi connectivity index (χ3v) is 4.05. The minimum atomic E-state index is -0.538. The van der Waals surface area contributed by atoms with Crippen molar-refractivity contribution < 1.29 is 19.2 Å². The van der Waals surface area contributed by atoms with E-state index in [9.17, 15) is 19.7 Å². The van der Waals surface area contributed by atoms with E-state index < -0.39 is 23.4 Å². The Morgan fingerprint density at radius 1 is 1.24 bits per heavy atom. The number of nitro benzene ring substituents is 1. The molecule has 0 atom stereocenters. The van der Waals surface area contributed by atoms with E-state index in [1.807, 2.05) is 31.2 Å². The lowest BCUT2D eigenvalue weighted by molar-refractivity contribution is -0.384. The number of benzene rings is 2. The first-order chi connectivity index (χ1) is 11.9. The van der Waals surface area contributed by atoms with Gasteiger partial charge in [-0.25, -0.2) is 0 Å². The van der Waals surface area contributed by atoms with Crippen LogP contribution in [0.5, 0.6) is 0 Å². The van der Waals surface area contributed by atoms with E-state index in [1.165, 1.54) is 18.2 Å². The number of anilines is 1. The van der Waals surface area contributed by atoms with Crippen molar-refractivity contribution in [3.8, 4) is 0 Å². The van der Waals surface area contributed by atoms with Crippen molar-refractivity contribution in [3.63, 3.8) is 0 Å². The van der Waals surface area contributed by atoms with Crippen LogP contribution < -0.4 is 5.32 Å². The first-order valence-corrected chi connectivity index (χ1v) is 8.10. The van der Waals surface area contributed by atoms with Gasteiger partial charge in [0.2, 0.25) is 0 Å². The number of ether oxygens (including phenoxy) is 1. The lowest BCUT2D eigenvalue weighted by atomic mass is 10.1. The number of hydrogen-bond acceptors (Lipinski definition) is 5. The zero-order valence-electron chi connectivity index (χ0n) is 13.3. The van der Waals surface area contributed by atoms with E-state index in [0.29, 0.717) is 10.2 Å². The Bertz CT molecular complexity index is 822. The summed E-state index contributed by atoms with van der Waals surface area (Å²) >= 11 is 3.15. The number of amides is 1. The molecule has 2 aromatic rings. The molecule has 0 saturated carbocycles. The second-order valence-electron chi connectivity index (χ2n) is 5.23. The standard InChI is InChI=1S/C17H15BrN2O5/c1-11-4-2-3-5-12(11)8-17(22)25-10-16(21)19-15-7-6-13(20(23)24)9-14(15)18/h2-7,9H,8,10H2,1H3,(H,19,21). The number of non-ortho nitro benzene ring substituents is 1. The molecule has 0 aliphatic heterocycles. The van der Waals surface area contributed by atoms with Gasteiger partial charge in [0, 0.05) is 16.6 Å². The number of hydrogen-bond donors (Lipinski definition) is 1. The molecule has 0 fully saturated rings. The third-order valence-electron chi connectivity index (χ3n) is 3.40. The minimum absolute atomic E-state index is 0.0845. The highest BCUT2D eigenvalue weighted by atomic mass is 79.9. The summed E-state index contributed by atoms with van der Waals surface area (Å²) in [4.78, 5) is 33.8. The van der Waals surface area contributed by atoms with Crippen molar-refractivity contribution >= 4 is 39.2 Å². The number of nitrogens with one attached hydrogen (secondary N) is 1. The highest BCUT2D eigenvalue weighted by Gasteiger charge is 2.13. The molecule has 1 N–H and O–H groups in total. The smallest absolute Gasteiger partial charge is 0.310 e. The summed E-state index contributed by atoms with van der Waals surface area (Å²) in [6.45, 7) is 1.45. The maximum Gasteiger partial charge on any atom is 0.310 e. The predicted octanol–water partition coefficient (Wildman–Crippen LogP) is 3.39. The summed E-state index contributed by atoms with van der Waals surface area (Å²) in [6, 6.07) is 11.4. The molecule has 1 amide bonds. The molecule has 130 valence electrons. The van der Waals surface area contributed by atoms with Crippen molar-refractivity contribution in [2.45, 2.75) is 13.3 Å². The third kappa shape index (κ3) is 5.39. The van der Waals surface area contributed by atoms with Crippen LogP contribution in [0.1, 0.15) is 11.1 Å². The van der Waals surface area contributed by atoms with Crippen molar-refractivity contribution in [2.24, 2.45) is 0 Å². The number of aryl methyl sites for hydroxylation is 1. The molecule has 0 aliphatic carbocycles. The molecule has 0 heterocycles. The Balaban J connectivity index is 1.87. The Hall–Kier alpha value is -2.74. The summed E-state index contributed by atoms with van der Waals surface area (Å²) in [6.07, 6.45) is 0.0845. The second kappa shape index (κ2) is 8.39. The Labute approximate surface area is 152 Å². The quantitative estimate of drug-likeness (QED) is 0.450. The fourth-order valence-corrected chi connectivity index (χ4v) is 2.53. The van der Waals surface area contributed by atoms with Gasteiger partial charge in [-0.05, 0) is 40.0 Å². The molecule has 2 aromatic carbocycles. The molecule has 0 unspecified atom stereocenters. The van der Waals surface area contributed by atoms with Crippen molar-refractivity contribution in [3.05, 3.63) is 68.2 Å². The van der Waals surface area contributed by atoms with E-state index in [-0.39, 0.29) is 12.1 Å². The molecule has 0 aromatic heterocycles. The van der Waals surface area contributed by atoms with Gasteiger partial charge in [0.1, 0.15) is 0 Å². The highest BCUT2D eigenvalue weighted by molar-refractivity contribution is 9.10. The molecule has 0 radical (unpaired) electrons. The molecule has 7 nitrogen and oxygen atoms in total. The van der Waals surface area contributed by atoms with Gasteiger partial charge in [-0.2, -0.15) is 0 Å². The van der Waals surface area contributed by atoms with Crippen LogP contribution in [0, 0.1) is 17.0 Å². The van der Waals surface area contributed by atoms with Crippen LogP contribution in [-0.4, -0.2) is 23.4 Å². The number of carbonyl (C=O) groups is 2. The number of carbonyl (C=O) groups excluding carboxylic acids is 2. The Morgan fingerprint density at radius 2 is 1.96 bits per heavy atom. The molecule has 2 rings (SSSR count). The van der Waals surface area contributed by atoms with Crippen LogP contribution in [0.3, 0.4) is 0 Å². The van der Waals surface area contributed by atoms with Gasteiger partial charge in [-0.3, -0.25) is 19.7 Å². The largest absolute Gasteiger partial charge is 0.455 e. The van der Waals surface area contributed by atoms with Gasteiger partial charge in [-0.15, -0.1) is 0 Å². The molecule has 25 heavy (non-hydrogen) atoms. The van der Waals surface area contributed by atoms with Gasteiger partial charge >= 0.3 is 5.97 Å². The Morgan fingerprint density at radius 3 is 2.60 bits per heavy atom. The van der Waals surface area contributed by atoms with Crippen LogP contribution in [0.25, 0.3) is 0 Å². The molecule has 0 bridgehead atoms. The SMILES string of the molecule is Cc1ccccc1CC(=O)OCC(=O)Nc1ccc([N+](=O)[O-])cc1Br. The van der Waals surface area contributed by atoms with Gasteiger partial charge in [0.25, 0.3) is 11.6 Å². The summed E-state index contributed by atoms with van der Waals surface area (Å²) in [5, 5.41) is 13.2. The first-order valence-electron chi connectivity index (χ1n) is 7.30. The molecular formula is C17H15BrN2O5. The maximum atomic E-state index is 11.9. The van der Waals surface area contributed by atoms with Crippen molar-refractivity contribution in [2.75, 3.05) is 11.9 Å². The zero-order chi connectivity index (χ0) is 18.4. The van der Waals surface area contributed by atoms with Crippen molar-refractivity contribution in [1.82, 2.24) is 0 Å². The maximum absolute atomic E-state index is 11.9. The molecule has 0 aliphatic rings. The van der Waals surface area contributed by atoms with E-state index in [0.717, 1.165) is 11.1 Å². The topological polar surface area (TPSA) is 98.5 Å².